The first-order valence-electron chi connectivity index (χ1n) is 22.9. The van der Waals surface area contributed by atoms with Gasteiger partial charge in [-0.05, 0) is 116 Å². The summed E-state index contributed by atoms with van der Waals surface area (Å²) in [5.74, 6) is 0.239. The van der Waals surface area contributed by atoms with E-state index in [2.05, 4.69) is 260 Å². The smallest absolute Gasteiger partial charge is 0.104 e. The van der Waals surface area contributed by atoms with E-state index in [1.165, 1.54) is 95.0 Å². The Balaban J connectivity index is 0.962. The highest BCUT2D eigenvalue weighted by Gasteiger charge is 2.51. The number of rotatable bonds is 6. The number of nitrogens with zero attached hydrogens (tertiary/aromatic N) is 1. The molecule has 3 heteroatoms. The molecule has 0 fully saturated rings. The first kappa shape index (κ1) is 38.9. The van der Waals surface area contributed by atoms with E-state index in [0.717, 1.165) is 5.69 Å². The maximum absolute atomic E-state index is 4.03. The number of fused-ring (bicyclic) bond motifs is 9. The monoisotopic (exact) mass is 835 g/mol. The van der Waals surface area contributed by atoms with Gasteiger partial charge in [-0.1, -0.05) is 207 Å². The van der Waals surface area contributed by atoms with E-state index in [-0.39, 0.29) is 18.1 Å². The minimum atomic E-state index is -0.500. The number of anilines is 3. The molecule has 0 aromatic heterocycles. The Kier molecular flexibility index (Phi) is 9.47. The summed E-state index contributed by atoms with van der Waals surface area (Å²) in [5.41, 5.74) is 21.9. The molecule has 0 saturated carbocycles. The zero-order valence-corrected chi connectivity index (χ0v) is 36.6. The highest BCUT2D eigenvalue weighted by molar-refractivity contribution is 5.96. The highest BCUT2D eigenvalue weighted by atomic mass is 15.2. The van der Waals surface area contributed by atoms with Gasteiger partial charge < -0.3 is 10.2 Å². The minimum absolute atomic E-state index is 0.0783. The fraction of sp³-hybridized carbons (Fsp3) is 0.0968. The Labute approximate surface area is 382 Å². The molecule has 0 radical (unpaired) electrons. The van der Waals surface area contributed by atoms with E-state index >= 15 is 0 Å². The average Bonchev–Trinajstić information content (AvgIpc) is 3.59. The van der Waals surface area contributed by atoms with E-state index in [9.17, 15) is 0 Å². The van der Waals surface area contributed by atoms with Crippen molar-refractivity contribution in [3.63, 3.8) is 0 Å². The largest absolute Gasteiger partial charge is 0.366 e. The third-order valence-electron chi connectivity index (χ3n) is 14.4. The van der Waals surface area contributed by atoms with Crippen molar-refractivity contribution in [2.75, 3.05) is 4.90 Å². The molecule has 3 unspecified atom stereocenters. The van der Waals surface area contributed by atoms with Crippen LogP contribution in [0.15, 0.2) is 236 Å². The van der Waals surface area contributed by atoms with Gasteiger partial charge in [0, 0.05) is 23.0 Å². The van der Waals surface area contributed by atoms with Gasteiger partial charge in [0.15, 0.2) is 0 Å². The number of hydrogen-bond acceptors (Lipinski definition) is 3. The second kappa shape index (κ2) is 15.8. The average molecular weight is 836 g/mol. The van der Waals surface area contributed by atoms with E-state index in [0.29, 0.717) is 0 Å². The number of nitrogens with one attached hydrogen (secondary N) is 2. The molecular weight excluding hydrogens is 787 g/mol. The van der Waals surface area contributed by atoms with Crippen LogP contribution in [0.25, 0.3) is 39.1 Å². The summed E-state index contributed by atoms with van der Waals surface area (Å²) in [6.45, 7) is 4.66. The number of benzene rings is 9. The summed E-state index contributed by atoms with van der Waals surface area (Å²) in [6.07, 6.45) is -0.0783. The van der Waals surface area contributed by atoms with Crippen LogP contribution < -0.4 is 15.5 Å². The molecule has 3 aliphatic rings. The van der Waals surface area contributed by atoms with E-state index < -0.39 is 5.41 Å². The molecule has 2 N–H and O–H groups in total. The first-order chi connectivity index (χ1) is 32.1. The fourth-order valence-electron chi connectivity index (χ4n) is 11.2. The maximum atomic E-state index is 4.03. The predicted octanol–water partition coefficient (Wildman–Crippen LogP) is 15.2. The summed E-state index contributed by atoms with van der Waals surface area (Å²) in [4.78, 5) is 2.44. The molecular formula is C62H49N3. The number of para-hydroxylation sites is 3. The third kappa shape index (κ3) is 6.22. The highest BCUT2D eigenvalue weighted by Crippen LogP contribution is 2.63. The molecule has 9 aromatic rings. The van der Waals surface area contributed by atoms with Crippen LogP contribution in [0.4, 0.5) is 17.1 Å². The van der Waals surface area contributed by atoms with Crippen molar-refractivity contribution in [3.8, 4) is 33.4 Å². The molecule has 12 rings (SSSR count). The van der Waals surface area contributed by atoms with Gasteiger partial charge in [-0.2, -0.15) is 0 Å². The molecule has 2 heterocycles. The van der Waals surface area contributed by atoms with Crippen LogP contribution in [0.5, 0.6) is 0 Å². The maximum Gasteiger partial charge on any atom is 0.104 e. The molecule has 1 spiro atoms. The van der Waals surface area contributed by atoms with Crippen LogP contribution >= 0.6 is 0 Å². The molecule has 3 atom stereocenters. The van der Waals surface area contributed by atoms with Gasteiger partial charge in [0.2, 0.25) is 0 Å². The van der Waals surface area contributed by atoms with Crippen molar-refractivity contribution >= 4 is 22.8 Å². The molecule has 0 saturated heterocycles. The van der Waals surface area contributed by atoms with Crippen LogP contribution in [-0.2, 0) is 5.41 Å². The molecule has 9 aromatic carbocycles. The normalized spacial score (nSPS) is 17.9. The van der Waals surface area contributed by atoms with Crippen LogP contribution in [0.3, 0.4) is 0 Å². The van der Waals surface area contributed by atoms with Crippen LogP contribution in [0, 0.1) is 5.92 Å². The summed E-state index contributed by atoms with van der Waals surface area (Å²) in [5, 5.41) is 8.05. The Morgan fingerprint density at radius 2 is 0.908 bits per heavy atom. The lowest BCUT2D eigenvalue weighted by molar-refractivity contribution is 0.375. The Morgan fingerprint density at radius 3 is 1.57 bits per heavy atom. The van der Waals surface area contributed by atoms with E-state index in [1.807, 2.05) is 0 Å². The second-order valence-electron chi connectivity index (χ2n) is 17.8. The van der Waals surface area contributed by atoms with Gasteiger partial charge in [-0.25, -0.2) is 0 Å². The summed E-state index contributed by atoms with van der Waals surface area (Å²) < 4.78 is 0. The van der Waals surface area contributed by atoms with Crippen molar-refractivity contribution in [1.82, 2.24) is 10.6 Å². The van der Waals surface area contributed by atoms with Crippen molar-refractivity contribution in [2.45, 2.75) is 31.5 Å². The topological polar surface area (TPSA) is 27.3 Å². The van der Waals surface area contributed by atoms with E-state index in [1.54, 1.807) is 0 Å². The van der Waals surface area contributed by atoms with Crippen molar-refractivity contribution in [3.05, 3.63) is 275 Å². The van der Waals surface area contributed by atoms with Gasteiger partial charge >= 0.3 is 0 Å². The third-order valence-corrected chi connectivity index (χ3v) is 14.4. The summed E-state index contributed by atoms with van der Waals surface area (Å²) in [6, 6.07) is 85.0. The minimum Gasteiger partial charge on any atom is -0.366 e. The Morgan fingerprint density at radius 1 is 0.415 bits per heavy atom. The molecule has 0 amide bonds. The molecule has 0 bridgehead atoms. The predicted molar refractivity (Wildman–Crippen MR) is 269 cm³/mol. The van der Waals surface area contributed by atoms with Gasteiger partial charge in [0.25, 0.3) is 0 Å². The molecule has 312 valence electrons. The molecule has 1 aliphatic carbocycles. The zero-order valence-electron chi connectivity index (χ0n) is 36.6. The lowest BCUT2D eigenvalue weighted by atomic mass is 9.64. The van der Waals surface area contributed by atoms with Crippen LogP contribution in [0.1, 0.15) is 65.0 Å². The van der Waals surface area contributed by atoms with Crippen LogP contribution in [0.2, 0.25) is 0 Å². The van der Waals surface area contributed by atoms with Crippen LogP contribution in [-0.4, -0.2) is 0 Å². The zero-order chi connectivity index (χ0) is 43.5. The lowest BCUT2D eigenvalue weighted by Crippen LogP contribution is -2.36. The van der Waals surface area contributed by atoms with Crippen molar-refractivity contribution in [1.29, 1.82) is 0 Å². The van der Waals surface area contributed by atoms with Gasteiger partial charge in [0.05, 0.1) is 16.8 Å². The molecule has 2 aliphatic heterocycles. The number of hydrogen-bond donors (Lipinski definition) is 2. The molecule has 3 nitrogen and oxygen atoms in total. The van der Waals surface area contributed by atoms with Gasteiger partial charge in [-0.15, -0.1) is 0 Å². The first-order valence-corrected chi connectivity index (χ1v) is 22.9. The summed E-state index contributed by atoms with van der Waals surface area (Å²) >= 11 is 0. The Bertz CT molecular complexity index is 3200. The quantitative estimate of drug-likeness (QED) is 0.175. The fourth-order valence-corrected chi connectivity index (χ4v) is 11.2. The van der Waals surface area contributed by atoms with E-state index in [4.69, 9.17) is 0 Å². The second-order valence-corrected chi connectivity index (χ2v) is 17.8. The Hall–Kier alpha value is -7.72. The SMILES string of the molecule is CC1=C(c2ccccc2-c2ccc(-c3ccc4c(c3)C3(c5ccccc5-4)c4ccccc4N(c4ccccc4)c4ccccc43)cc2)NC(c2ccccc2)NC(c2ccccc2)C1C. The van der Waals surface area contributed by atoms with Crippen molar-refractivity contribution in [2.24, 2.45) is 5.92 Å². The van der Waals surface area contributed by atoms with Gasteiger partial charge in [-0.3, -0.25) is 5.32 Å². The van der Waals surface area contributed by atoms with Gasteiger partial charge in [0.1, 0.15) is 6.17 Å². The lowest BCUT2D eigenvalue weighted by Gasteiger charge is -2.45. The molecule has 65 heavy (non-hydrogen) atoms. The van der Waals surface area contributed by atoms with Crippen molar-refractivity contribution < 1.29 is 0 Å². The standard InChI is InChI=1S/C62H49N3/c1-41-42(2)60(64-61(46-22-8-4-9-23-46)63-59(41)45-20-6-3-7-21-45)52-28-13-12-26-49(52)44-36-34-43(35-37-44)47-38-39-51-50-27-14-15-29-53(50)62(56(51)40-47)54-30-16-18-32-57(54)65(48-24-10-5-11-25-48)58-33-19-17-31-55(58)62/h3-41,59,61,63-64H,1-2H3. The summed E-state index contributed by atoms with van der Waals surface area (Å²) in [7, 11) is 0.